The number of nitrogens with two attached hydrogens (primary N) is 2. The van der Waals surface area contributed by atoms with E-state index in [2.05, 4.69) is 5.32 Å². The molecule has 6 N–H and O–H groups in total. The van der Waals surface area contributed by atoms with Crippen molar-refractivity contribution in [3.8, 4) is 0 Å². The van der Waals surface area contributed by atoms with Crippen molar-refractivity contribution in [2.24, 2.45) is 0 Å². The topological polar surface area (TPSA) is 84.3 Å². The zero-order chi connectivity index (χ0) is 11.1. The Labute approximate surface area is 90.3 Å². The lowest BCUT2D eigenvalue weighted by atomic mass is 10.1. The maximum Gasteiger partial charge on any atom is 0.0555 e. The van der Waals surface area contributed by atoms with E-state index in [9.17, 15) is 0 Å². The Bertz CT molecular complexity index is 302. The second-order valence-electron chi connectivity index (χ2n) is 3.54. The van der Waals surface area contributed by atoms with E-state index in [1.165, 1.54) is 0 Å². The van der Waals surface area contributed by atoms with Crippen LogP contribution in [-0.4, -0.2) is 24.8 Å². The van der Waals surface area contributed by atoms with E-state index in [4.69, 9.17) is 16.6 Å². The Morgan fingerprint density at radius 2 is 2.00 bits per heavy atom. The van der Waals surface area contributed by atoms with Gasteiger partial charge in [-0.05, 0) is 43.1 Å². The van der Waals surface area contributed by atoms with Gasteiger partial charge in [-0.2, -0.15) is 0 Å². The summed E-state index contributed by atoms with van der Waals surface area (Å²) in [4.78, 5) is 0. The third kappa shape index (κ3) is 4.18. The molecule has 84 valence electrons. The summed E-state index contributed by atoms with van der Waals surface area (Å²) in [7, 11) is 0. The van der Waals surface area contributed by atoms with E-state index in [-0.39, 0.29) is 6.61 Å². The fourth-order valence-corrected chi connectivity index (χ4v) is 1.45. The second kappa shape index (κ2) is 6.27. The van der Waals surface area contributed by atoms with Crippen molar-refractivity contribution >= 4 is 11.4 Å². The summed E-state index contributed by atoms with van der Waals surface area (Å²) in [5, 5.41) is 11.7. The summed E-state index contributed by atoms with van der Waals surface area (Å²) >= 11 is 0. The molecule has 1 rings (SSSR count). The molecule has 15 heavy (non-hydrogen) atoms. The molecule has 0 saturated heterocycles. The van der Waals surface area contributed by atoms with Crippen LogP contribution < -0.4 is 16.8 Å². The lowest BCUT2D eigenvalue weighted by Crippen LogP contribution is -2.19. The fourth-order valence-electron chi connectivity index (χ4n) is 1.45. The number of rotatable bonds is 6. The molecule has 4 heteroatoms. The van der Waals surface area contributed by atoms with E-state index in [1.54, 1.807) is 0 Å². The molecule has 0 radical (unpaired) electrons. The van der Waals surface area contributed by atoms with Crippen LogP contribution in [0.4, 0.5) is 11.4 Å². The molecule has 0 spiro atoms. The molecule has 0 heterocycles. The number of aliphatic hydroxyl groups excluding tert-OH is 1. The number of aliphatic hydroxyl groups is 1. The molecule has 0 atom stereocenters. The maximum atomic E-state index is 8.56. The standard InChI is InChI=1S/C11H19N3O/c12-10-3-4-11(13)9(8-10)2-1-5-14-6-7-15/h3-4,8,14-15H,1-2,5-7,12-13H2. The average Bonchev–Trinajstić information content (AvgIpc) is 2.23. The van der Waals surface area contributed by atoms with E-state index in [0.29, 0.717) is 6.54 Å². The minimum atomic E-state index is 0.181. The van der Waals surface area contributed by atoms with Crippen LogP contribution in [0.1, 0.15) is 12.0 Å². The number of anilines is 2. The van der Waals surface area contributed by atoms with Crippen LogP contribution in [0.3, 0.4) is 0 Å². The van der Waals surface area contributed by atoms with Crippen LogP contribution in [0.2, 0.25) is 0 Å². The molecule has 1 aromatic rings. The van der Waals surface area contributed by atoms with Gasteiger partial charge in [0.2, 0.25) is 0 Å². The summed E-state index contributed by atoms with van der Waals surface area (Å²) in [6, 6.07) is 5.57. The predicted octanol–water partition coefficient (Wildman–Crippen LogP) is 0.366. The summed E-state index contributed by atoms with van der Waals surface area (Å²) < 4.78 is 0. The van der Waals surface area contributed by atoms with Crippen molar-refractivity contribution in [3.63, 3.8) is 0 Å². The first-order valence-electron chi connectivity index (χ1n) is 5.19. The highest BCUT2D eigenvalue weighted by atomic mass is 16.3. The van der Waals surface area contributed by atoms with Crippen molar-refractivity contribution in [1.82, 2.24) is 5.32 Å². The molecule has 0 amide bonds. The van der Waals surface area contributed by atoms with Gasteiger partial charge >= 0.3 is 0 Å². The Hall–Kier alpha value is -1.26. The van der Waals surface area contributed by atoms with Gasteiger partial charge in [0, 0.05) is 17.9 Å². The minimum absolute atomic E-state index is 0.181. The first-order valence-corrected chi connectivity index (χ1v) is 5.19. The van der Waals surface area contributed by atoms with Crippen molar-refractivity contribution in [1.29, 1.82) is 0 Å². The third-order valence-corrected chi connectivity index (χ3v) is 2.26. The highest BCUT2D eigenvalue weighted by molar-refractivity contribution is 5.55. The van der Waals surface area contributed by atoms with E-state index in [0.717, 1.165) is 36.3 Å². The SMILES string of the molecule is Nc1ccc(N)c(CCCNCCO)c1. The molecule has 0 aliphatic carbocycles. The first kappa shape index (κ1) is 11.8. The molecule has 0 aromatic heterocycles. The van der Waals surface area contributed by atoms with Gasteiger partial charge in [0.05, 0.1) is 6.61 Å². The van der Waals surface area contributed by atoms with Gasteiger partial charge in [0.1, 0.15) is 0 Å². The fraction of sp³-hybridized carbons (Fsp3) is 0.455. The number of hydrogen-bond donors (Lipinski definition) is 4. The van der Waals surface area contributed by atoms with E-state index in [1.807, 2.05) is 18.2 Å². The van der Waals surface area contributed by atoms with Gasteiger partial charge < -0.3 is 21.9 Å². The third-order valence-electron chi connectivity index (χ3n) is 2.26. The monoisotopic (exact) mass is 209 g/mol. The van der Waals surface area contributed by atoms with Gasteiger partial charge in [0.15, 0.2) is 0 Å². The van der Waals surface area contributed by atoms with Gasteiger partial charge in [-0.25, -0.2) is 0 Å². The molecule has 0 bridgehead atoms. The summed E-state index contributed by atoms with van der Waals surface area (Å²) in [5.74, 6) is 0. The number of hydrogen-bond acceptors (Lipinski definition) is 4. The lowest BCUT2D eigenvalue weighted by Gasteiger charge is -2.07. The highest BCUT2D eigenvalue weighted by Gasteiger charge is 1.99. The van der Waals surface area contributed by atoms with Crippen LogP contribution in [0, 0.1) is 0 Å². The summed E-state index contributed by atoms with van der Waals surface area (Å²) in [5.41, 5.74) is 14.1. The van der Waals surface area contributed by atoms with Crippen LogP contribution in [0.5, 0.6) is 0 Å². The number of aryl methyl sites for hydroxylation is 1. The van der Waals surface area contributed by atoms with Crippen LogP contribution in [0.15, 0.2) is 18.2 Å². The molecule has 0 fully saturated rings. The summed E-state index contributed by atoms with van der Waals surface area (Å²) in [6.07, 6.45) is 1.91. The molecular formula is C11H19N3O. The molecule has 0 saturated carbocycles. The van der Waals surface area contributed by atoms with Gasteiger partial charge in [-0.15, -0.1) is 0 Å². The van der Waals surface area contributed by atoms with Crippen LogP contribution >= 0.6 is 0 Å². The molecular weight excluding hydrogens is 190 g/mol. The Morgan fingerprint density at radius 3 is 2.73 bits per heavy atom. The quantitative estimate of drug-likeness (QED) is 0.403. The molecule has 4 nitrogen and oxygen atoms in total. The van der Waals surface area contributed by atoms with Crippen molar-refractivity contribution in [3.05, 3.63) is 23.8 Å². The normalized spacial score (nSPS) is 10.5. The van der Waals surface area contributed by atoms with Gasteiger partial charge in [-0.1, -0.05) is 0 Å². The Balaban J connectivity index is 2.33. The Kier molecular flexibility index (Phi) is 4.93. The summed E-state index contributed by atoms with van der Waals surface area (Å²) in [6.45, 7) is 1.71. The smallest absolute Gasteiger partial charge is 0.0555 e. The van der Waals surface area contributed by atoms with Crippen LogP contribution in [-0.2, 0) is 6.42 Å². The van der Waals surface area contributed by atoms with Gasteiger partial charge in [-0.3, -0.25) is 0 Å². The van der Waals surface area contributed by atoms with E-state index < -0.39 is 0 Å². The second-order valence-corrected chi connectivity index (χ2v) is 3.54. The largest absolute Gasteiger partial charge is 0.399 e. The van der Waals surface area contributed by atoms with Crippen LogP contribution in [0.25, 0.3) is 0 Å². The van der Waals surface area contributed by atoms with E-state index >= 15 is 0 Å². The number of benzene rings is 1. The predicted molar refractivity (Wildman–Crippen MR) is 63.5 cm³/mol. The average molecular weight is 209 g/mol. The zero-order valence-electron chi connectivity index (χ0n) is 8.87. The zero-order valence-corrected chi connectivity index (χ0v) is 8.87. The van der Waals surface area contributed by atoms with Gasteiger partial charge in [0.25, 0.3) is 0 Å². The highest BCUT2D eigenvalue weighted by Crippen LogP contribution is 2.16. The maximum absolute atomic E-state index is 8.56. The molecule has 0 aliphatic heterocycles. The first-order chi connectivity index (χ1) is 7.24. The Morgan fingerprint density at radius 1 is 1.20 bits per heavy atom. The van der Waals surface area contributed by atoms with Crippen molar-refractivity contribution in [2.45, 2.75) is 12.8 Å². The van der Waals surface area contributed by atoms with Crippen molar-refractivity contribution in [2.75, 3.05) is 31.2 Å². The lowest BCUT2D eigenvalue weighted by molar-refractivity contribution is 0.292. The molecule has 0 aliphatic rings. The number of nitrogen functional groups attached to an aromatic ring is 2. The molecule has 1 aromatic carbocycles. The van der Waals surface area contributed by atoms with Crippen molar-refractivity contribution < 1.29 is 5.11 Å². The number of nitrogens with one attached hydrogen (secondary N) is 1. The molecule has 0 unspecified atom stereocenters. The minimum Gasteiger partial charge on any atom is -0.399 e.